The summed E-state index contributed by atoms with van der Waals surface area (Å²) in [4.78, 5) is 22.5. The average molecular weight is 302 g/mol. The summed E-state index contributed by atoms with van der Waals surface area (Å²) in [5.41, 5.74) is 0.916. The Bertz CT molecular complexity index is 527. The number of hydrogen-bond donors (Lipinski definition) is 1. The summed E-state index contributed by atoms with van der Waals surface area (Å²) < 4.78 is 4.65. The molecule has 0 radical (unpaired) electrons. The van der Waals surface area contributed by atoms with Crippen LogP contribution in [0, 0.1) is 0 Å². The molecule has 0 aromatic heterocycles. The molecule has 0 bridgehead atoms. The molecule has 19 heavy (non-hydrogen) atoms. The number of methoxy groups -OCH3 is 1. The van der Waals surface area contributed by atoms with E-state index in [-0.39, 0.29) is 12.5 Å². The van der Waals surface area contributed by atoms with Crippen LogP contribution in [-0.2, 0) is 14.3 Å². The standard InChI is InChI=1S/C13H13Cl2NO3/c1-8(17)16-7-10(13(18)19-2)5-9-3-4-11(14)6-12(9)15/h3-6H,7H2,1-2H3,(H,16,17)/b10-5+. The average Bonchev–Trinajstić information content (AvgIpc) is 2.35. The third-order valence-electron chi connectivity index (χ3n) is 2.27. The first-order valence-corrected chi connectivity index (χ1v) is 6.18. The van der Waals surface area contributed by atoms with Gasteiger partial charge in [-0.2, -0.15) is 0 Å². The van der Waals surface area contributed by atoms with Crippen molar-refractivity contribution in [1.82, 2.24) is 5.32 Å². The van der Waals surface area contributed by atoms with Gasteiger partial charge in [0.05, 0.1) is 12.7 Å². The minimum Gasteiger partial charge on any atom is -0.466 e. The summed E-state index contributed by atoms with van der Waals surface area (Å²) in [7, 11) is 1.27. The number of benzene rings is 1. The summed E-state index contributed by atoms with van der Waals surface area (Å²) in [5, 5.41) is 3.45. The molecule has 6 heteroatoms. The lowest BCUT2D eigenvalue weighted by molar-refractivity contribution is -0.136. The van der Waals surface area contributed by atoms with Crippen LogP contribution in [0.3, 0.4) is 0 Å². The fraction of sp³-hybridized carbons (Fsp3) is 0.231. The maximum Gasteiger partial charge on any atom is 0.335 e. The van der Waals surface area contributed by atoms with Crippen LogP contribution >= 0.6 is 23.2 Å². The van der Waals surface area contributed by atoms with Gasteiger partial charge in [-0.25, -0.2) is 4.79 Å². The second-order valence-corrected chi connectivity index (χ2v) is 4.58. The Morgan fingerprint density at radius 3 is 2.58 bits per heavy atom. The van der Waals surface area contributed by atoms with Crippen molar-refractivity contribution in [1.29, 1.82) is 0 Å². The molecule has 1 N–H and O–H groups in total. The molecular weight excluding hydrogens is 289 g/mol. The van der Waals surface area contributed by atoms with Crippen molar-refractivity contribution in [2.75, 3.05) is 13.7 Å². The van der Waals surface area contributed by atoms with Crippen LogP contribution in [0.1, 0.15) is 12.5 Å². The molecule has 0 saturated heterocycles. The zero-order chi connectivity index (χ0) is 14.4. The second-order valence-electron chi connectivity index (χ2n) is 3.74. The predicted octanol–water partition coefficient (Wildman–Crippen LogP) is 2.69. The minimum absolute atomic E-state index is 0.0704. The number of amides is 1. The summed E-state index contributed by atoms with van der Waals surface area (Å²) in [6, 6.07) is 4.91. The van der Waals surface area contributed by atoms with Crippen molar-refractivity contribution in [3.63, 3.8) is 0 Å². The molecule has 1 aromatic carbocycles. The van der Waals surface area contributed by atoms with E-state index in [4.69, 9.17) is 23.2 Å². The first-order chi connectivity index (χ1) is 8.93. The summed E-state index contributed by atoms with van der Waals surface area (Å²) in [5.74, 6) is -0.767. The van der Waals surface area contributed by atoms with E-state index in [1.807, 2.05) is 0 Å². The molecule has 0 heterocycles. The lowest BCUT2D eigenvalue weighted by Gasteiger charge is -2.07. The quantitative estimate of drug-likeness (QED) is 0.687. The lowest BCUT2D eigenvalue weighted by Crippen LogP contribution is -2.25. The van der Waals surface area contributed by atoms with Gasteiger partial charge in [-0.3, -0.25) is 4.79 Å². The molecule has 0 saturated carbocycles. The maximum atomic E-state index is 11.6. The second kappa shape index (κ2) is 7.16. The number of rotatable bonds is 4. The number of carbonyl (C=O) groups excluding carboxylic acids is 2. The van der Waals surface area contributed by atoms with Crippen molar-refractivity contribution in [2.45, 2.75) is 6.92 Å². The van der Waals surface area contributed by atoms with Crippen LogP contribution in [-0.4, -0.2) is 25.5 Å². The van der Waals surface area contributed by atoms with E-state index in [9.17, 15) is 9.59 Å². The first kappa shape index (κ1) is 15.5. The molecule has 0 aliphatic heterocycles. The zero-order valence-electron chi connectivity index (χ0n) is 10.5. The number of carbonyl (C=O) groups is 2. The molecule has 0 spiro atoms. The van der Waals surface area contributed by atoms with Gasteiger partial charge >= 0.3 is 5.97 Å². The molecule has 1 aromatic rings. The van der Waals surface area contributed by atoms with Crippen LogP contribution in [0.4, 0.5) is 0 Å². The van der Waals surface area contributed by atoms with Gasteiger partial charge in [-0.1, -0.05) is 29.3 Å². The highest BCUT2D eigenvalue weighted by atomic mass is 35.5. The molecule has 0 aliphatic carbocycles. The Morgan fingerprint density at radius 1 is 1.37 bits per heavy atom. The number of hydrogen-bond acceptors (Lipinski definition) is 3. The van der Waals surface area contributed by atoms with Crippen molar-refractivity contribution in [2.24, 2.45) is 0 Å². The van der Waals surface area contributed by atoms with E-state index in [1.54, 1.807) is 24.3 Å². The first-order valence-electron chi connectivity index (χ1n) is 5.42. The van der Waals surface area contributed by atoms with E-state index in [0.29, 0.717) is 21.2 Å². The van der Waals surface area contributed by atoms with Crippen LogP contribution in [0.25, 0.3) is 6.08 Å². The molecule has 4 nitrogen and oxygen atoms in total. The van der Waals surface area contributed by atoms with E-state index in [1.165, 1.54) is 14.0 Å². The number of halogens is 2. The molecule has 0 fully saturated rings. The molecule has 102 valence electrons. The lowest BCUT2D eigenvalue weighted by atomic mass is 10.1. The predicted molar refractivity (Wildman–Crippen MR) is 75.1 cm³/mol. The Hall–Kier alpha value is -1.52. The Morgan fingerprint density at radius 2 is 2.05 bits per heavy atom. The molecule has 0 atom stereocenters. The SMILES string of the molecule is COC(=O)/C(=C/c1ccc(Cl)cc1Cl)CNC(C)=O. The summed E-state index contributed by atoms with van der Waals surface area (Å²) >= 11 is 11.8. The molecule has 0 aliphatic rings. The number of ether oxygens (including phenoxy) is 1. The van der Waals surface area contributed by atoms with Gasteiger partial charge < -0.3 is 10.1 Å². The number of esters is 1. The highest BCUT2D eigenvalue weighted by Gasteiger charge is 2.11. The highest BCUT2D eigenvalue weighted by molar-refractivity contribution is 6.35. The highest BCUT2D eigenvalue weighted by Crippen LogP contribution is 2.23. The fourth-order valence-electron chi connectivity index (χ4n) is 1.34. The fourth-order valence-corrected chi connectivity index (χ4v) is 1.80. The third kappa shape index (κ3) is 4.93. The third-order valence-corrected chi connectivity index (χ3v) is 2.83. The normalized spacial score (nSPS) is 11.1. The zero-order valence-corrected chi connectivity index (χ0v) is 12.0. The largest absolute Gasteiger partial charge is 0.466 e. The molecule has 1 rings (SSSR count). The Kier molecular flexibility index (Phi) is 5.86. The van der Waals surface area contributed by atoms with Gasteiger partial charge in [0.1, 0.15) is 0 Å². The van der Waals surface area contributed by atoms with E-state index < -0.39 is 5.97 Å². The van der Waals surface area contributed by atoms with E-state index in [2.05, 4.69) is 10.1 Å². The number of nitrogens with one attached hydrogen (secondary N) is 1. The smallest absolute Gasteiger partial charge is 0.335 e. The van der Waals surface area contributed by atoms with Gasteiger partial charge in [-0.05, 0) is 23.8 Å². The van der Waals surface area contributed by atoms with Gasteiger partial charge in [0.2, 0.25) is 5.91 Å². The van der Waals surface area contributed by atoms with Crippen molar-refractivity contribution >= 4 is 41.2 Å². The van der Waals surface area contributed by atoms with Crippen molar-refractivity contribution in [3.8, 4) is 0 Å². The van der Waals surface area contributed by atoms with Crippen LogP contribution in [0.5, 0.6) is 0 Å². The van der Waals surface area contributed by atoms with Crippen LogP contribution < -0.4 is 5.32 Å². The topological polar surface area (TPSA) is 55.4 Å². The van der Waals surface area contributed by atoms with Crippen molar-refractivity contribution < 1.29 is 14.3 Å². The Labute approximate surface area is 121 Å². The molecule has 1 amide bonds. The monoisotopic (exact) mass is 301 g/mol. The van der Waals surface area contributed by atoms with Gasteiger partial charge in [0.25, 0.3) is 0 Å². The maximum absolute atomic E-state index is 11.6. The Balaban J connectivity index is 3.04. The van der Waals surface area contributed by atoms with E-state index >= 15 is 0 Å². The van der Waals surface area contributed by atoms with Gasteiger partial charge in [-0.15, -0.1) is 0 Å². The molecular formula is C13H13Cl2NO3. The molecule has 0 unspecified atom stereocenters. The van der Waals surface area contributed by atoms with Gasteiger partial charge in [0, 0.05) is 23.5 Å². The van der Waals surface area contributed by atoms with Gasteiger partial charge in [0.15, 0.2) is 0 Å². The summed E-state index contributed by atoms with van der Waals surface area (Å²) in [6.07, 6.45) is 1.56. The van der Waals surface area contributed by atoms with E-state index in [0.717, 1.165) is 0 Å². The summed E-state index contributed by atoms with van der Waals surface area (Å²) in [6.45, 7) is 1.44. The van der Waals surface area contributed by atoms with Crippen molar-refractivity contribution in [3.05, 3.63) is 39.4 Å². The van der Waals surface area contributed by atoms with Crippen LogP contribution in [0.2, 0.25) is 10.0 Å². The van der Waals surface area contributed by atoms with Crippen LogP contribution in [0.15, 0.2) is 23.8 Å². The minimum atomic E-state index is -0.528.